The first-order valence-corrected chi connectivity index (χ1v) is 8.63. The maximum atomic E-state index is 12.5. The van der Waals surface area contributed by atoms with Crippen LogP contribution in [-0.4, -0.2) is 58.7 Å². The van der Waals surface area contributed by atoms with Crippen molar-refractivity contribution < 1.29 is 13.2 Å². The van der Waals surface area contributed by atoms with Crippen molar-refractivity contribution in [1.82, 2.24) is 24.2 Å². The Hall–Kier alpha value is -2.00. The van der Waals surface area contributed by atoms with Crippen LogP contribution < -0.4 is 4.72 Å². The van der Waals surface area contributed by atoms with E-state index in [1.165, 1.54) is 10.8 Å². The number of fused-ring (bicyclic) bond motifs is 1. The molecule has 0 spiro atoms. The number of nitrogens with zero attached hydrogens (tertiary/aromatic N) is 4. The van der Waals surface area contributed by atoms with E-state index < -0.39 is 15.3 Å². The molecule has 0 saturated carbocycles. The second kappa shape index (κ2) is 5.65. The minimum Gasteiger partial charge on any atom is -0.337 e. The molecule has 2 aromatic rings. The molecule has 9 heteroatoms. The van der Waals surface area contributed by atoms with Gasteiger partial charge in [-0.2, -0.15) is 5.10 Å². The molecule has 0 bridgehead atoms. The van der Waals surface area contributed by atoms with Gasteiger partial charge in [-0.1, -0.05) is 6.92 Å². The van der Waals surface area contributed by atoms with Crippen molar-refractivity contribution in [3.05, 3.63) is 30.2 Å². The summed E-state index contributed by atoms with van der Waals surface area (Å²) in [4.78, 5) is 18.1. The van der Waals surface area contributed by atoms with Gasteiger partial charge in [-0.05, 0) is 18.6 Å². The molecule has 22 heavy (non-hydrogen) atoms. The van der Waals surface area contributed by atoms with Gasteiger partial charge in [-0.25, -0.2) is 22.6 Å². The van der Waals surface area contributed by atoms with Gasteiger partial charge in [0.2, 0.25) is 10.0 Å². The number of hydrogen-bond acceptors (Lipinski definition) is 5. The number of rotatable bonds is 4. The SMILES string of the molecule is CCNS(=O)(=O)C1CCN(C(=O)c2ccc3ncnn3c2)C1. The predicted octanol–water partition coefficient (Wildman–Crippen LogP) is -0.117. The van der Waals surface area contributed by atoms with Crippen molar-refractivity contribution in [3.8, 4) is 0 Å². The first-order chi connectivity index (χ1) is 10.5. The fourth-order valence-corrected chi connectivity index (χ4v) is 4.04. The highest BCUT2D eigenvalue weighted by Gasteiger charge is 2.35. The number of likely N-dealkylation sites (tertiary alicyclic amines) is 1. The Balaban J connectivity index is 1.76. The van der Waals surface area contributed by atoms with Crippen LogP contribution in [0.15, 0.2) is 24.7 Å². The summed E-state index contributed by atoms with van der Waals surface area (Å²) in [5.74, 6) is -0.188. The number of carbonyl (C=O) groups is 1. The normalized spacial score (nSPS) is 19.0. The average molecular weight is 323 g/mol. The Labute approximate surface area is 128 Å². The summed E-state index contributed by atoms with van der Waals surface area (Å²) in [6.07, 6.45) is 3.47. The Morgan fingerprint density at radius 2 is 2.27 bits per heavy atom. The minimum absolute atomic E-state index is 0.188. The molecule has 0 aliphatic carbocycles. The highest BCUT2D eigenvalue weighted by Crippen LogP contribution is 2.18. The number of pyridine rings is 1. The van der Waals surface area contributed by atoms with Crippen molar-refractivity contribution >= 4 is 21.6 Å². The van der Waals surface area contributed by atoms with E-state index in [9.17, 15) is 13.2 Å². The van der Waals surface area contributed by atoms with Crippen LogP contribution >= 0.6 is 0 Å². The van der Waals surface area contributed by atoms with Crippen LogP contribution in [0.5, 0.6) is 0 Å². The lowest BCUT2D eigenvalue weighted by Gasteiger charge is -2.17. The molecule has 1 atom stereocenters. The summed E-state index contributed by atoms with van der Waals surface area (Å²) in [6, 6.07) is 3.39. The molecule has 8 nitrogen and oxygen atoms in total. The Kier molecular flexibility index (Phi) is 3.83. The quantitative estimate of drug-likeness (QED) is 0.846. The summed E-state index contributed by atoms with van der Waals surface area (Å²) in [5.41, 5.74) is 1.13. The van der Waals surface area contributed by atoms with E-state index in [1.54, 1.807) is 30.2 Å². The smallest absolute Gasteiger partial charge is 0.255 e. The number of sulfonamides is 1. The molecule has 2 aromatic heterocycles. The van der Waals surface area contributed by atoms with Gasteiger partial charge in [0, 0.05) is 25.8 Å². The minimum atomic E-state index is -3.36. The van der Waals surface area contributed by atoms with Crippen LogP contribution in [0.2, 0.25) is 0 Å². The molecular formula is C13H17N5O3S. The van der Waals surface area contributed by atoms with Crippen LogP contribution in [0.25, 0.3) is 5.65 Å². The van der Waals surface area contributed by atoms with Gasteiger partial charge in [0.1, 0.15) is 6.33 Å². The summed E-state index contributed by atoms with van der Waals surface area (Å²) in [6.45, 7) is 2.74. The molecule has 3 heterocycles. The van der Waals surface area contributed by atoms with E-state index in [4.69, 9.17) is 0 Å². The zero-order valence-electron chi connectivity index (χ0n) is 12.1. The third-order valence-corrected chi connectivity index (χ3v) is 5.69. The van der Waals surface area contributed by atoms with Gasteiger partial charge in [0.15, 0.2) is 5.65 Å². The maximum Gasteiger partial charge on any atom is 0.255 e. The van der Waals surface area contributed by atoms with Crippen LogP contribution in [0, 0.1) is 0 Å². The van der Waals surface area contributed by atoms with E-state index >= 15 is 0 Å². The number of carbonyl (C=O) groups excluding carboxylic acids is 1. The zero-order chi connectivity index (χ0) is 15.7. The highest BCUT2D eigenvalue weighted by molar-refractivity contribution is 7.90. The van der Waals surface area contributed by atoms with Crippen molar-refractivity contribution in [3.63, 3.8) is 0 Å². The van der Waals surface area contributed by atoms with Gasteiger partial charge in [0.05, 0.1) is 10.8 Å². The summed E-state index contributed by atoms with van der Waals surface area (Å²) in [7, 11) is -3.36. The zero-order valence-corrected chi connectivity index (χ0v) is 13.0. The Morgan fingerprint density at radius 1 is 1.45 bits per heavy atom. The lowest BCUT2D eigenvalue weighted by molar-refractivity contribution is 0.0792. The third kappa shape index (κ3) is 2.69. The lowest BCUT2D eigenvalue weighted by atomic mass is 10.2. The third-order valence-electron chi connectivity index (χ3n) is 3.74. The van der Waals surface area contributed by atoms with Gasteiger partial charge >= 0.3 is 0 Å². The molecule has 1 fully saturated rings. The molecule has 1 unspecified atom stereocenters. The molecule has 1 aliphatic rings. The molecule has 1 amide bonds. The van der Waals surface area contributed by atoms with Crippen LogP contribution in [0.3, 0.4) is 0 Å². The van der Waals surface area contributed by atoms with Gasteiger partial charge < -0.3 is 4.90 Å². The van der Waals surface area contributed by atoms with E-state index in [0.717, 1.165) is 0 Å². The van der Waals surface area contributed by atoms with Crippen molar-refractivity contribution in [2.75, 3.05) is 19.6 Å². The van der Waals surface area contributed by atoms with E-state index in [2.05, 4.69) is 14.8 Å². The van der Waals surface area contributed by atoms with E-state index in [-0.39, 0.29) is 12.5 Å². The molecule has 118 valence electrons. The fraction of sp³-hybridized carbons (Fsp3) is 0.462. The van der Waals surface area contributed by atoms with E-state index in [0.29, 0.717) is 30.7 Å². The number of nitrogens with one attached hydrogen (secondary N) is 1. The summed E-state index contributed by atoms with van der Waals surface area (Å²) >= 11 is 0. The van der Waals surface area contributed by atoms with Gasteiger partial charge in [-0.3, -0.25) is 4.79 Å². The molecular weight excluding hydrogens is 306 g/mol. The molecule has 1 aliphatic heterocycles. The highest BCUT2D eigenvalue weighted by atomic mass is 32.2. The second-order valence-electron chi connectivity index (χ2n) is 5.19. The van der Waals surface area contributed by atoms with Crippen LogP contribution in [-0.2, 0) is 10.0 Å². The maximum absolute atomic E-state index is 12.5. The second-order valence-corrected chi connectivity index (χ2v) is 7.23. The van der Waals surface area contributed by atoms with Crippen molar-refractivity contribution in [1.29, 1.82) is 0 Å². The summed E-state index contributed by atoms with van der Waals surface area (Å²) < 4.78 is 28.0. The molecule has 1 N–H and O–H groups in total. The first kappa shape index (κ1) is 14.9. The number of aromatic nitrogens is 3. The average Bonchev–Trinajstić information content (AvgIpc) is 3.15. The Morgan fingerprint density at radius 3 is 3.05 bits per heavy atom. The summed E-state index contributed by atoms with van der Waals surface area (Å²) in [5, 5.41) is 3.45. The predicted molar refractivity (Wildman–Crippen MR) is 79.9 cm³/mol. The number of hydrogen-bond donors (Lipinski definition) is 1. The molecule has 3 rings (SSSR count). The topological polar surface area (TPSA) is 96.7 Å². The molecule has 1 saturated heterocycles. The monoisotopic (exact) mass is 323 g/mol. The molecule has 0 aromatic carbocycles. The van der Waals surface area contributed by atoms with Gasteiger partial charge in [0.25, 0.3) is 5.91 Å². The van der Waals surface area contributed by atoms with Gasteiger partial charge in [-0.15, -0.1) is 0 Å². The van der Waals surface area contributed by atoms with Crippen molar-refractivity contribution in [2.45, 2.75) is 18.6 Å². The fourth-order valence-electron chi connectivity index (χ4n) is 2.61. The Bertz CT molecular complexity index is 801. The van der Waals surface area contributed by atoms with Crippen molar-refractivity contribution in [2.24, 2.45) is 0 Å². The van der Waals surface area contributed by atoms with Crippen LogP contribution in [0.4, 0.5) is 0 Å². The molecule has 0 radical (unpaired) electrons. The number of amides is 1. The largest absolute Gasteiger partial charge is 0.337 e. The van der Waals surface area contributed by atoms with Crippen LogP contribution in [0.1, 0.15) is 23.7 Å². The standard InChI is InChI=1S/C13H17N5O3S/c1-2-16-22(20,21)11-5-6-17(8-11)13(19)10-3-4-12-14-9-15-18(12)7-10/h3-4,7,9,11,16H,2,5-6,8H2,1H3. The van der Waals surface area contributed by atoms with E-state index in [1.807, 2.05) is 0 Å². The lowest BCUT2D eigenvalue weighted by Crippen LogP contribution is -2.37. The first-order valence-electron chi connectivity index (χ1n) is 7.08.